The van der Waals surface area contributed by atoms with Gasteiger partial charge in [0.15, 0.2) is 5.96 Å². The average molecular weight is 436 g/mol. The number of nitrogens with one attached hydrogen (secondary N) is 2. The van der Waals surface area contributed by atoms with E-state index in [9.17, 15) is 9.18 Å². The summed E-state index contributed by atoms with van der Waals surface area (Å²) in [5.41, 5.74) is 1.97. The number of aromatic nitrogens is 1. The van der Waals surface area contributed by atoms with Crippen LogP contribution in [0.15, 0.2) is 23.2 Å². The Morgan fingerprint density at radius 1 is 1.37 bits per heavy atom. The first-order valence-corrected chi connectivity index (χ1v) is 10.7. The van der Waals surface area contributed by atoms with E-state index in [4.69, 9.17) is 4.74 Å². The third-order valence-corrected chi connectivity index (χ3v) is 5.58. The highest BCUT2D eigenvalue weighted by Crippen LogP contribution is 2.24. The van der Waals surface area contributed by atoms with Crippen LogP contribution in [-0.4, -0.2) is 44.2 Å². The lowest BCUT2D eigenvalue weighted by Crippen LogP contribution is -2.38. The summed E-state index contributed by atoms with van der Waals surface area (Å²) < 4.78 is 19.3. The van der Waals surface area contributed by atoms with Crippen molar-refractivity contribution in [2.45, 2.75) is 40.3 Å². The van der Waals surface area contributed by atoms with Crippen LogP contribution in [0.2, 0.25) is 0 Å². The van der Waals surface area contributed by atoms with Crippen molar-refractivity contribution in [2.75, 3.05) is 32.1 Å². The van der Waals surface area contributed by atoms with Gasteiger partial charge in [0.05, 0.1) is 30.6 Å². The van der Waals surface area contributed by atoms with Gasteiger partial charge in [-0.1, -0.05) is 6.07 Å². The fourth-order valence-corrected chi connectivity index (χ4v) is 3.72. The van der Waals surface area contributed by atoms with E-state index in [1.807, 2.05) is 19.9 Å². The summed E-state index contributed by atoms with van der Waals surface area (Å²) in [6, 6.07) is 4.95. The van der Waals surface area contributed by atoms with Crippen molar-refractivity contribution in [1.29, 1.82) is 0 Å². The van der Waals surface area contributed by atoms with Crippen molar-refractivity contribution >= 4 is 29.0 Å². The quantitative estimate of drug-likeness (QED) is 0.374. The van der Waals surface area contributed by atoms with Gasteiger partial charge in [0.1, 0.15) is 15.7 Å². The normalized spacial score (nSPS) is 12.4. The average Bonchev–Trinajstić information content (AvgIpc) is 3.08. The highest BCUT2D eigenvalue weighted by Gasteiger charge is 2.20. The number of halogens is 1. The molecule has 0 saturated carbocycles. The Kier molecular flexibility index (Phi) is 8.58. The largest absolute Gasteiger partial charge is 0.462 e. The summed E-state index contributed by atoms with van der Waals surface area (Å²) in [6.45, 7) is 8.83. The predicted octanol–water partition coefficient (Wildman–Crippen LogP) is 3.65. The number of carbonyl (C=O) groups excluding carboxylic acids is 1. The molecule has 1 aromatic carbocycles. The molecule has 1 heterocycles. The van der Waals surface area contributed by atoms with Crippen molar-refractivity contribution in [3.05, 3.63) is 45.2 Å². The van der Waals surface area contributed by atoms with Gasteiger partial charge in [0, 0.05) is 20.6 Å². The fourth-order valence-electron chi connectivity index (χ4n) is 2.76. The van der Waals surface area contributed by atoms with Gasteiger partial charge in [-0.3, -0.25) is 0 Å². The van der Waals surface area contributed by atoms with E-state index in [1.54, 1.807) is 38.9 Å². The van der Waals surface area contributed by atoms with Crippen LogP contribution in [0.5, 0.6) is 0 Å². The topological polar surface area (TPSA) is 78.9 Å². The van der Waals surface area contributed by atoms with Crippen LogP contribution in [0, 0.1) is 12.7 Å². The first-order valence-electron chi connectivity index (χ1n) is 9.91. The Morgan fingerprint density at radius 3 is 2.70 bits per heavy atom. The summed E-state index contributed by atoms with van der Waals surface area (Å²) in [7, 11) is 3.61. The molecule has 1 unspecified atom stereocenters. The minimum Gasteiger partial charge on any atom is -0.462 e. The zero-order chi connectivity index (χ0) is 22.3. The lowest BCUT2D eigenvalue weighted by atomic mass is 10.2. The van der Waals surface area contributed by atoms with Crippen LogP contribution in [0.1, 0.15) is 52.7 Å². The van der Waals surface area contributed by atoms with Crippen LogP contribution in [0.25, 0.3) is 0 Å². The molecule has 0 aliphatic carbocycles. The van der Waals surface area contributed by atoms with E-state index in [2.05, 4.69) is 20.6 Å². The van der Waals surface area contributed by atoms with Crippen molar-refractivity contribution in [3.63, 3.8) is 0 Å². The molecule has 1 atom stereocenters. The number of hydrogen-bond donors (Lipinski definition) is 2. The second-order valence-corrected chi connectivity index (χ2v) is 7.96. The number of hydrogen-bond acceptors (Lipinski definition) is 6. The Bertz CT molecular complexity index is 898. The molecule has 2 aromatic rings. The van der Waals surface area contributed by atoms with Crippen molar-refractivity contribution in [1.82, 2.24) is 15.6 Å². The molecule has 0 saturated heterocycles. The van der Waals surface area contributed by atoms with Gasteiger partial charge < -0.3 is 20.3 Å². The smallest absolute Gasteiger partial charge is 0.350 e. The Hall–Kier alpha value is -2.68. The van der Waals surface area contributed by atoms with Gasteiger partial charge >= 0.3 is 5.97 Å². The van der Waals surface area contributed by atoms with E-state index >= 15 is 0 Å². The summed E-state index contributed by atoms with van der Waals surface area (Å²) in [6.07, 6.45) is 0. The second-order valence-electron chi connectivity index (χ2n) is 6.93. The molecular formula is C21H30FN5O2S. The van der Waals surface area contributed by atoms with E-state index in [0.29, 0.717) is 41.9 Å². The van der Waals surface area contributed by atoms with Crippen LogP contribution in [-0.2, 0) is 11.3 Å². The highest BCUT2D eigenvalue weighted by atomic mass is 32.1. The van der Waals surface area contributed by atoms with Crippen molar-refractivity contribution in [3.8, 4) is 0 Å². The Balaban J connectivity index is 2.12. The van der Waals surface area contributed by atoms with Crippen molar-refractivity contribution in [2.24, 2.45) is 4.99 Å². The number of rotatable bonds is 8. The Morgan fingerprint density at radius 2 is 2.10 bits per heavy atom. The molecule has 7 nitrogen and oxygen atoms in total. The standard InChI is InChI=1S/C21H30FN5O2S/c1-7-23-21(24-12-15-9-10-17(27(5)6)16(22)11-15)26-14(4)19-25-13(3)18(30-19)20(28)29-8-2/h9-11,14H,7-8,12H2,1-6H3,(H2,23,24,26). The molecule has 0 fully saturated rings. The van der Waals surface area contributed by atoms with Crippen molar-refractivity contribution < 1.29 is 13.9 Å². The van der Waals surface area contributed by atoms with Gasteiger partial charge in [-0.2, -0.15) is 0 Å². The molecule has 30 heavy (non-hydrogen) atoms. The number of aryl methyl sites for hydroxylation is 1. The second kappa shape index (κ2) is 10.9. The van der Waals surface area contributed by atoms with Crippen LogP contribution >= 0.6 is 11.3 Å². The summed E-state index contributed by atoms with van der Waals surface area (Å²) in [5, 5.41) is 7.24. The monoisotopic (exact) mass is 435 g/mol. The predicted molar refractivity (Wildman–Crippen MR) is 120 cm³/mol. The lowest BCUT2D eigenvalue weighted by molar-refractivity contribution is 0.0531. The molecule has 2 rings (SSSR count). The molecule has 0 spiro atoms. The molecular weight excluding hydrogens is 405 g/mol. The third-order valence-electron chi connectivity index (χ3n) is 4.26. The molecule has 1 aromatic heterocycles. The third kappa shape index (κ3) is 6.16. The minimum absolute atomic E-state index is 0.164. The molecule has 2 N–H and O–H groups in total. The first-order chi connectivity index (χ1) is 14.3. The number of nitrogens with zero attached hydrogens (tertiary/aromatic N) is 3. The molecule has 0 bridgehead atoms. The number of guanidine groups is 1. The number of carbonyl (C=O) groups is 1. The summed E-state index contributed by atoms with van der Waals surface area (Å²) in [4.78, 5) is 23.3. The summed E-state index contributed by atoms with van der Waals surface area (Å²) >= 11 is 1.31. The number of thiazole rings is 1. The molecule has 164 valence electrons. The zero-order valence-electron chi connectivity index (χ0n) is 18.4. The zero-order valence-corrected chi connectivity index (χ0v) is 19.2. The van der Waals surface area contributed by atoms with Gasteiger partial charge in [-0.15, -0.1) is 11.3 Å². The molecule has 9 heteroatoms. The maximum atomic E-state index is 14.2. The van der Waals surface area contributed by atoms with E-state index in [0.717, 1.165) is 10.6 Å². The number of anilines is 1. The lowest BCUT2D eigenvalue weighted by Gasteiger charge is -2.16. The molecule has 0 aliphatic rings. The minimum atomic E-state index is -0.352. The maximum Gasteiger partial charge on any atom is 0.350 e. The maximum absolute atomic E-state index is 14.2. The first kappa shape index (κ1) is 23.6. The summed E-state index contributed by atoms with van der Waals surface area (Å²) in [5.74, 6) is -0.0360. The Labute approximate surface area is 181 Å². The number of benzene rings is 1. The highest BCUT2D eigenvalue weighted by molar-refractivity contribution is 7.13. The molecule has 0 amide bonds. The molecule has 0 aliphatic heterocycles. The van der Waals surface area contributed by atoms with Crippen LogP contribution in [0.4, 0.5) is 10.1 Å². The van der Waals surface area contributed by atoms with Crippen LogP contribution < -0.4 is 15.5 Å². The van der Waals surface area contributed by atoms with Crippen LogP contribution in [0.3, 0.4) is 0 Å². The van der Waals surface area contributed by atoms with Gasteiger partial charge in [0.2, 0.25) is 0 Å². The number of esters is 1. The number of ether oxygens (including phenoxy) is 1. The molecule has 0 radical (unpaired) electrons. The number of aliphatic imine (C=N–C) groups is 1. The van der Waals surface area contributed by atoms with E-state index in [1.165, 1.54) is 17.4 Å². The van der Waals surface area contributed by atoms with E-state index in [-0.39, 0.29) is 17.8 Å². The van der Waals surface area contributed by atoms with E-state index < -0.39 is 0 Å². The SMILES string of the molecule is CCNC(=NCc1ccc(N(C)C)c(F)c1)NC(C)c1nc(C)c(C(=O)OCC)s1. The fraction of sp³-hybridized carbons (Fsp3) is 0.476. The van der Waals surface area contributed by atoms with Gasteiger partial charge in [-0.05, 0) is 45.4 Å². The van der Waals surface area contributed by atoms with Gasteiger partial charge in [-0.25, -0.2) is 19.2 Å². The van der Waals surface area contributed by atoms with Gasteiger partial charge in [0.25, 0.3) is 0 Å².